The summed E-state index contributed by atoms with van der Waals surface area (Å²) in [7, 11) is 8.05. The van der Waals surface area contributed by atoms with Crippen molar-refractivity contribution in [3.63, 3.8) is 0 Å². The van der Waals surface area contributed by atoms with E-state index in [4.69, 9.17) is 4.98 Å². The first-order valence-electron chi connectivity index (χ1n) is 6.56. The van der Waals surface area contributed by atoms with Crippen molar-refractivity contribution in [2.24, 2.45) is 4.99 Å². The molecule has 1 rings (SSSR count). The van der Waals surface area contributed by atoms with Crippen LogP contribution in [0.1, 0.15) is 31.5 Å². The van der Waals surface area contributed by atoms with Gasteiger partial charge in [0.2, 0.25) is 0 Å². The molecule has 1 aromatic heterocycles. The van der Waals surface area contributed by atoms with Crippen LogP contribution in [0.25, 0.3) is 0 Å². The van der Waals surface area contributed by atoms with Gasteiger partial charge in [0.1, 0.15) is 0 Å². The van der Waals surface area contributed by atoms with Crippen LogP contribution in [0.2, 0.25) is 0 Å². The number of thiazole rings is 1. The molecular weight excluding hydrogens is 256 g/mol. The first-order chi connectivity index (χ1) is 8.71. The number of rotatable bonds is 3. The lowest BCUT2D eigenvalue weighted by Gasteiger charge is -2.22. The third-order valence-electron chi connectivity index (χ3n) is 2.61. The Labute approximate surface area is 121 Å². The molecule has 108 valence electrons. The van der Waals surface area contributed by atoms with Gasteiger partial charge in [0.25, 0.3) is 0 Å². The van der Waals surface area contributed by atoms with Gasteiger partial charge in [-0.05, 0) is 0 Å². The van der Waals surface area contributed by atoms with E-state index in [1.807, 2.05) is 38.0 Å². The van der Waals surface area contributed by atoms with Crippen molar-refractivity contribution >= 4 is 17.3 Å². The van der Waals surface area contributed by atoms with Crippen LogP contribution in [0, 0.1) is 0 Å². The molecule has 0 bridgehead atoms. The van der Waals surface area contributed by atoms with Crippen LogP contribution in [0.4, 0.5) is 0 Å². The predicted molar refractivity (Wildman–Crippen MR) is 84.2 cm³/mol. The summed E-state index contributed by atoms with van der Waals surface area (Å²) in [6, 6.07) is 0. The molecular formula is C14H26N4S. The molecule has 0 saturated carbocycles. The van der Waals surface area contributed by atoms with Gasteiger partial charge in [-0.1, -0.05) is 20.8 Å². The summed E-state index contributed by atoms with van der Waals surface area (Å²) in [4.78, 5) is 13.4. The van der Waals surface area contributed by atoms with E-state index in [2.05, 4.69) is 31.1 Å². The number of aromatic nitrogens is 1. The Hall–Kier alpha value is -1.10. The van der Waals surface area contributed by atoms with Crippen LogP contribution in [0.15, 0.2) is 10.4 Å². The zero-order chi connectivity index (χ0) is 14.6. The molecule has 5 heteroatoms. The number of nitrogens with zero attached hydrogens (tertiary/aromatic N) is 4. The number of hydrogen-bond acceptors (Lipinski definition) is 3. The van der Waals surface area contributed by atoms with Crippen LogP contribution in [-0.2, 0) is 11.8 Å². The first kappa shape index (κ1) is 16.0. The van der Waals surface area contributed by atoms with E-state index < -0.39 is 0 Å². The van der Waals surface area contributed by atoms with Gasteiger partial charge in [-0.15, -0.1) is 11.3 Å². The summed E-state index contributed by atoms with van der Waals surface area (Å²) in [5.74, 6) is 0.992. The molecule has 19 heavy (non-hydrogen) atoms. The molecule has 0 amide bonds. The van der Waals surface area contributed by atoms with E-state index in [0.717, 1.165) is 24.6 Å². The Morgan fingerprint density at radius 2 is 1.79 bits per heavy atom. The van der Waals surface area contributed by atoms with Crippen molar-refractivity contribution in [2.75, 3.05) is 34.7 Å². The molecule has 0 aliphatic rings. The van der Waals surface area contributed by atoms with Crippen LogP contribution < -0.4 is 0 Å². The van der Waals surface area contributed by atoms with Crippen molar-refractivity contribution in [3.8, 4) is 0 Å². The Morgan fingerprint density at radius 3 is 2.21 bits per heavy atom. The molecule has 0 N–H and O–H groups in total. The molecule has 0 spiro atoms. The highest BCUT2D eigenvalue weighted by Crippen LogP contribution is 2.25. The van der Waals surface area contributed by atoms with Gasteiger partial charge < -0.3 is 9.80 Å². The Morgan fingerprint density at radius 1 is 1.21 bits per heavy atom. The molecule has 0 aromatic carbocycles. The minimum absolute atomic E-state index is 0.143. The first-order valence-corrected chi connectivity index (χ1v) is 7.43. The SMILES string of the molecule is CN(C)C(=NCCc1csc(C(C)(C)C)n1)N(C)C. The van der Waals surface area contributed by atoms with E-state index >= 15 is 0 Å². The summed E-state index contributed by atoms with van der Waals surface area (Å²) in [5, 5.41) is 3.35. The molecule has 0 atom stereocenters. The average Bonchev–Trinajstić information content (AvgIpc) is 2.71. The number of guanidine groups is 1. The maximum Gasteiger partial charge on any atom is 0.195 e. The fourth-order valence-electron chi connectivity index (χ4n) is 1.72. The topological polar surface area (TPSA) is 31.7 Å². The summed E-state index contributed by atoms with van der Waals surface area (Å²) < 4.78 is 0. The lowest BCUT2D eigenvalue weighted by Crippen LogP contribution is -2.35. The Bertz CT molecular complexity index is 417. The highest BCUT2D eigenvalue weighted by molar-refractivity contribution is 7.09. The van der Waals surface area contributed by atoms with E-state index in [-0.39, 0.29) is 5.41 Å². The van der Waals surface area contributed by atoms with Crippen molar-refractivity contribution in [1.29, 1.82) is 0 Å². The third kappa shape index (κ3) is 4.82. The zero-order valence-electron chi connectivity index (χ0n) is 13.2. The van der Waals surface area contributed by atoms with E-state index in [9.17, 15) is 0 Å². The predicted octanol–water partition coefficient (Wildman–Crippen LogP) is 2.46. The second-order valence-corrected chi connectivity index (χ2v) is 6.97. The molecule has 0 unspecified atom stereocenters. The highest BCUT2D eigenvalue weighted by atomic mass is 32.1. The van der Waals surface area contributed by atoms with Crippen molar-refractivity contribution in [1.82, 2.24) is 14.8 Å². The number of hydrogen-bond donors (Lipinski definition) is 0. The molecule has 4 nitrogen and oxygen atoms in total. The standard InChI is InChI=1S/C14H26N4S/c1-14(2,3)12-16-11(10-19-12)8-9-15-13(17(4)5)18(6)7/h10H,8-9H2,1-7H3. The van der Waals surface area contributed by atoms with Crippen LogP contribution in [0.5, 0.6) is 0 Å². The van der Waals surface area contributed by atoms with Crippen molar-refractivity contribution in [3.05, 3.63) is 16.1 Å². The van der Waals surface area contributed by atoms with Gasteiger partial charge in [0.15, 0.2) is 5.96 Å². The molecule has 0 aliphatic heterocycles. The molecule has 1 heterocycles. The van der Waals surface area contributed by atoms with Gasteiger partial charge in [-0.3, -0.25) is 4.99 Å². The molecule has 0 aliphatic carbocycles. The normalized spacial score (nSPS) is 11.3. The van der Waals surface area contributed by atoms with Crippen LogP contribution in [0.3, 0.4) is 0 Å². The lowest BCUT2D eigenvalue weighted by atomic mass is 9.98. The van der Waals surface area contributed by atoms with E-state index in [1.54, 1.807) is 11.3 Å². The Kier molecular flexibility index (Phi) is 5.35. The Balaban J connectivity index is 2.62. The average molecular weight is 282 g/mol. The summed E-state index contributed by atoms with van der Waals surface area (Å²) in [6.07, 6.45) is 0.901. The molecule has 0 saturated heterocycles. The largest absolute Gasteiger partial charge is 0.349 e. The fourth-order valence-corrected chi connectivity index (χ4v) is 2.66. The van der Waals surface area contributed by atoms with Crippen LogP contribution >= 0.6 is 11.3 Å². The van der Waals surface area contributed by atoms with E-state index in [0.29, 0.717) is 0 Å². The van der Waals surface area contributed by atoms with Gasteiger partial charge in [0.05, 0.1) is 10.7 Å². The molecule has 0 fully saturated rings. The number of aliphatic imine (C=N–C) groups is 1. The van der Waals surface area contributed by atoms with E-state index in [1.165, 1.54) is 5.01 Å². The fraction of sp³-hybridized carbons (Fsp3) is 0.714. The highest BCUT2D eigenvalue weighted by Gasteiger charge is 2.17. The summed E-state index contributed by atoms with van der Waals surface area (Å²) >= 11 is 1.75. The molecule has 1 aromatic rings. The minimum Gasteiger partial charge on any atom is -0.349 e. The maximum atomic E-state index is 4.69. The van der Waals surface area contributed by atoms with Gasteiger partial charge >= 0.3 is 0 Å². The quantitative estimate of drug-likeness (QED) is 0.630. The second-order valence-electron chi connectivity index (χ2n) is 6.11. The minimum atomic E-state index is 0.143. The monoisotopic (exact) mass is 282 g/mol. The zero-order valence-corrected chi connectivity index (χ0v) is 14.0. The van der Waals surface area contributed by atoms with Crippen molar-refractivity contribution < 1.29 is 0 Å². The smallest absolute Gasteiger partial charge is 0.195 e. The lowest BCUT2D eigenvalue weighted by molar-refractivity contribution is 0.479. The third-order valence-corrected chi connectivity index (χ3v) is 3.93. The summed E-state index contributed by atoms with van der Waals surface area (Å²) in [5.41, 5.74) is 1.29. The van der Waals surface area contributed by atoms with Crippen molar-refractivity contribution in [2.45, 2.75) is 32.6 Å². The van der Waals surface area contributed by atoms with Gasteiger partial charge in [-0.2, -0.15) is 0 Å². The van der Waals surface area contributed by atoms with Gasteiger partial charge in [0, 0.05) is 52.0 Å². The second kappa shape index (κ2) is 6.37. The maximum absolute atomic E-state index is 4.69. The van der Waals surface area contributed by atoms with Gasteiger partial charge in [-0.25, -0.2) is 4.98 Å². The summed E-state index contributed by atoms with van der Waals surface area (Å²) in [6.45, 7) is 7.37. The molecule has 0 radical (unpaired) electrons. The van der Waals surface area contributed by atoms with Crippen LogP contribution in [-0.4, -0.2) is 55.5 Å².